The summed E-state index contributed by atoms with van der Waals surface area (Å²) >= 11 is 6.02. The van der Waals surface area contributed by atoms with Crippen molar-refractivity contribution in [1.82, 2.24) is 10.6 Å². The lowest BCUT2D eigenvalue weighted by molar-refractivity contribution is 0.0954. The van der Waals surface area contributed by atoms with E-state index in [1.807, 2.05) is 25.1 Å². The number of halogens is 1. The highest BCUT2D eigenvalue weighted by Crippen LogP contribution is 2.14. The van der Waals surface area contributed by atoms with Crippen LogP contribution in [0.5, 0.6) is 0 Å². The minimum atomic E-state index is -0.217. The molecule has 20 heavy (non-hydrogen) atoms. The summed E-state index contributed by atoms with van der Waals surface area (Å²) in [5, 5.41) is 6.26. The molecule has 1 rings (SSSR count). The average molecular weight is 299 g/mol. The molecule has 0 aliphatic carbocycles. The zero-order valence-electron chi connectivity index (χ0n) is 12.3. The zero-order chi connectivity index (χ0) is 15.0. The van der Waals surface area contributed by atoms with E-state index in [0.717, 1.165) is 5.56 Å². The summed E-state index contributed by atoms with van der Waals surface area (Å²) in [5.41, 5.74) is 0.896. The topological polar surface area (TPSA) is 50.4 Å². The van der Waals surface area contributed by atoms with Crippen molar-refractivity contribution < 1.29 is 9.53 Å². The van der Waals surface area contributed by atoms with Gasteiger partial charge in [0.25, 0.3) is 0 Å². The smallest absolute Gasteiger partial charge is 0.315 e. The second-order valence-electron chi connectivity index (χ2n) is 5.25. The van der Waals surface area contributed by atoms with Crippen molar-refractivity contribution in [2.45, 2.75) is 33.4 Å². The van der Waals surface area contributed by atoms with E-state index in [9.17, 15) is 4.79 Å². The molecule has 112 valence electrons. The number of hydrogen-bond donors (Lipinski definition) is 2. The SMILES string of the molecule is CC(C)COCC(C)NC(=O)NCc1ccccc1Cl. The predicted octanol–water partition coefficient (Wildman–Crippen LogP) is 3.20. The largest absolute Gasteiger partial charge is 0.379 e. The Labute approximate surface area is 125 Å². The van der Waals surface area contributed by atoms with Crippen molar-refractivity contribution in [1.29, 1.82) is 0 Å². The molecule has 5 heteroatoms. The number of ether oxygens (including phenoxy) is 1. The molecule has 0 saturated heterocycles. The van der Waals surface area contributed by atoms with Crippen LogP contribution in [0.4, 0.5) is 4.79 Å². The van der Waals surface area contributed by atoms with E-state index < -0.39 is 0 Å². The maximum absolute atomic E-state index is 11.7. The molecule has 0 aromatic heterocycles. The molecule has 1 atom stereocenters. The van der Waals surface area contributed by atoms with Gasteiger partial charge >= 0.3 is 6.03 Å². The van der Waals surface area contributed by atoms with Gasteiger partial charge in [0.15, 0.2) is 0 Å². The number of benzene rings is 1. The standard InChI is InChI=1S/C15H23ClN2O2/c1-11(2)9-20-10-12(3)18-15(19)17-8-13-6-4-5-7-14(13)16/h4-7,11-12H,8-10H2,1-3H3,(H2,17,18,19). The highest BCUT2D eigenvalue weighted by Gasteiger charge is 2.08. The Morgan fingerprint density at radius 2 is 1.95 bits per heavy atom. The van der Waals surface area contributed by atoms with Crippen LogP contribution in [-0.2, 0) is 11.3 Å². The Morgan fingerprint density at radius 3 is 2.60 bits per heavy atom. The van der Waals surface area contributed by atoms with E-state index in [1.54, 1.807) is 6.07 Å². The molecule has 0 aliphatic rings. The minimum Gasteiger partial charge on any atom is -0.379 e. The fourth-order valence-corrected chi connectivity index (χ4v) is 1.82. The van der Waals surface area contributed by atoms with E-state index in [2.05, 4.69) is 24.5 Å². The molecule has 2 amide bonds. The maximum atomic E-state index is 11.7. The van der Waals surface area contributed by atoms with Gasteiger partial charge in [-0.1, -0.05) is 43.6 Å². The Balaban J connectivity index is 2.24. The second kappa shape index (κ2) is 8.82. The first-order chi connectivity index (χ1) is 9.49. The van der Waals surface area contributed by atoms with Crippen LogP contribution in [0.3, 0.4) is 0 Å². The van der Waals surface area contributed by atoms with Gasteiger partial charge in [0.1, 0.15) is 0 Å². The number of hydrogen-bond acceptors (Lipinski definition) is 2. The summed E-state index contributed by atoms with van der Waals surface area (Å²) < 4.78 is 5.48. The van der Waals surface area contributed by atoms with Gasteiger partial charge in [0.05, 0.1) is 12.6 Å². The van der Waals surface area contributed by atoms with Gasteiger partial charge < -0.3 is 15.4 Å². The summed E-state index contributed by atoms with van der Waals surface area (Å²) in [6.45, 7) is 7.72. The first kappa shape index (κ1) is 16.8. The average Bonchev–Trinajstić information content (AvgIpc) is 2.37. The Hall–Kier alpha value is -1.26. The van der Waals surface area contributed by atoms with Gasteiger partial charge in [0.2, 0.25) is 0 Å². The van der Waals surface area contributed by atoms with Gasteiger partial charge in [-0.3, -0.25) is 0 Å². The third kappa shape index (κ3) is 6.78. The van der Waals surface area contributed by atoms with Gasteiger partial charge in [-0.2, -0.15) is 0 Å². The van der Waals surface area contributed by atoms with Crippen molar-refractivity contribution in [3.63, 3.8) is 0 Å². The fraction of sp³-hybridized carbons (Fsp3) is 0.533. The summed E-state index contributed by atoms with van der Waals surface area (Å²) in [6.07, 6.45) is 0. The number of carbonyl (C=O) groups excluding carboxylic acids is 1. The first-order valence-electron chi connectivity index (χ1n) is 6.84. The van der Waals surface area contributed by atoms with Crippen LogP contribution in [-0.4, -0.2) is 25.3 Å². The van der Waals surface area contributed by atoms with E-state index in [0.29, 0.717) is 30.7 Å². The van der Waals surface area contributed by atoms with E-state index in [-0.39, 0.29) is 12.1 Å². The molecule has 2 N–H and O–H groups in total. The normalized spacial score (nSPS) is 12.2. The van der Waals surface area contributed by atoms with Crippen molar-refractivity contribution in [2.24, 2.45) is 5.92 Å². The molecular weight excluding hydrogens is 276 g/mol. The summed E-state index contributed by atoms with van der Waals surface area (Å²) in [6, 6.07) is 7.20. The lowest BCUT2D eigenvalue weighted by atomic mass is 10.2. The molecule has 0 fully saturated rings. The zero-order valence-corrected chi connectivity index (χ0v) is 13.0. The molecule has 0 heterocycles. The molecule has 0 saturated carbocycles. The maximum Gasteiger partial charge on any atom is 0.315 e. The molecule has 1 aromatic carbocycles. The Morgan fingerprint density at radius 1 is 1.25 bits per heavy atom. The van der Waals surface area contributed by atoms with E-state index >= 15 is 0 Å². The molecule has 4 nitrogen and oxygen atoms in total. The molecule has 1 aromatic rings. The monoisotopic (exact) mass is 298 g/mol. The minimum absolute atomic E-state index is 0.0278. The third-order valence-corrected chi connectivity index (χ3v) is 2.96. The Bertz CT molecular complexity index is 424. The van der Waals surface area contributed by atoms with E-state index in [4.69, 9.17) is 16.3 Å². The van der Waals surface area contributed by atoms with Gasteiger partial charge in [-0.15, -0.1) is 0 Å². The Kier molecular flexibility index (Phi) is 7.41. The van der Waals surface area contributed by atoms with Crippen LogP contribution in [0, 0.1) is 5.92 Å². The number of urea groups is 1. The highest BCUT2D eigenvalue weighted by atomic mass is 35.5. The van der Waals surface area contributed by atoms with E-state index in [1.165, 1.54) is 0 Å². The van der Waals surface area contributed by atoms with Gasteiger partial charge in [-0.05, 0) is 24.5 Å². The van der Waals surface area contributed by atoms with Crippen LogP contribution < -0.4 is 10.6 Å². The summed E-state index contributed by atoms with van der Waals surface area (Å²) in [7, 11) is 0. The van der Waals surface area contributed by atoms with Crippen LogP contribution >= 0.6 is 11.6 Å². The summed E-state index contributed by atoms with van der Waals surface area (Å²) in [5.74, 6) is 0.497. The molecule has 0 bridgehead atoms. The van der Waals surface area contributed by atoms with Crippen molar-refractivity contribution in [3.8, 4) is 0 Å². The molecule has 1 unspecified atom stereocenters. The molecular formula is C15H23ClN2O2. The van der Waals surface area contributed by atoms with Crippen LogP contribution in [0.25, 0.3) is 0 Å². The highest BCUT2D eigenvalue weighted by molar-refractivity contribution is 6.31. The lowest BCUT2D eigenvalue weighted by Gasteiger charge is -2.16. The number of amides is 2. The van der Waals surface area contributed by atoms with Gasteiger partial charge in [-0.25, -0.2) is 4.79 Å². The lowest BCUT2D eigenvalue weighted by Crippen LogP contribution is -2.42. The van der Waals surface area contributed by atoms with Crippen LogP contribution in [0.15, 0.2) is 24.3 Å². The molecule has 0 radical (unpaired) electrons. The predicted molar refractivity (Wildman–Crippen MR) is 81.9 cm³/mol. The number of carbonyl (C=O) groups is 1. The first-order valence-corrected chi connectivity index (χ1v) is 7.22. The van der Waals surface area contributed by atoms with Gasteiger partial charge in [0, 0.05) is 18.2 Å². The molecule has 0 aliphatic heterocycles. The summed E-state index contributed by atoms with van der Waals surface area (Å²) in [4.78, 5) is 11.7. The van der Waals surface area contributed by atoms with Crippen molar-refractivity contribution in [3.05, 3.63) is 34.9 Å². The number of rotatable bonds is 7. The third-order valence-electron chi connectivity index (χ3n) is 2.59. The quantitative estimate of drug-likeness (QED) is 0.812. The van der Waals surface area contributed by atoms with Crippen LogP contribution in [0.2, 0.25) is 5.02 Å². The van der Waals surface area contributed by atoms with Crippen molar-refractivity contribution in [2.75, 3.05) is 13.2 Å². The van der Waals surface area contributed by atoms with Crippen molar-refractivity contribution >= 4 is 17.6 Å². The number of nitrogens with one attached hydrogen (secondary N) is 2. The molecule has 0 spiro atoms. The van der Waals surface area contributed by atoms with Crippen LogP contribution in [0.1, 0.15) is 26.3 Å². The fourth-order valence-electron chi connectivity index (χ4n) is 1.61. The second-order valence-corrected chi connectivity index (χ2v) is 5.66.